The lowest BCUT2D eigenvalue weighted by molar-refractivity contribution is -0.121. The average Bonchev–Trinajstić information content (AvgIpc) is 2.12. The Labute approximate surface area is 107 Å². The van der Waals surface area contributed by atoms with Crippen molar-refractivity contribution < 1.29 is 18.3 Å². The molecular formula is C12H24F2N2O2. The van der Waals surface area contributed by atoms with Crippen molar-refractivity contribution in [1.82, 2.24) is 5.32 Å². The minimum absolute atomic E-state index is 0.0834. The van der Waals surface area contributed by atoms with Crippen LogP contribution in [0.3, 0.4) is 0 Å². The SMILES string of the molecule is CC(C)(C)CC(N)CC(=O)NCCOCC(F)F. The quantitative estimate of drug-likeness (QED) is 0.655. The zero-order valence-corrected chi connectivity index (χ0v) is 11.3. The van der Waals surface area contributed by atoms with Crippen LogP contribution < -0.4 is 11.1 Å². The van der Waals surface area contributed by atoms with Crippen molar-refractivity contribution in [2.45, 2.75) is 46.1 Å². The van der Waals surface area contributed by atoms with Crippen LogP contribution in [0.2, 0.25) is 0 Å². The van der Waals surface area contributed by atoms with Crippen molar-refractivity contribution in [1.29, 1.82) is 0 Å². The second-order valence-electron chi connectivity index (χ2n) is 5.54. The van der Waals surface area contributed by atoms with Crippen LogP contribution in [-0.4, -0.2) is 38.1 Å². The summed E-state index contributed by atoms with van der Waals surface area (Å²) in [5, 5.41) is 2.58. The van der Waals surface area contributed by atoms with E-state index in [4.69, 9.17) is 5.73 Å². The van der Waals surface area contributed by atoms with E-state index in [1.165, 1.54) is 0 Å². The maximum atomic E-state index is 11.7. The molecule has 0 aromatic heterocycles. The molecule has 4 nitrogen and oxygen atoms in total. The predicted molar refractivity (Wildman–Crippen MR) is 66.5 cm³/mol. The Kier molecular flexibility index (Phi) is 8.02. The molecule has 1 unspecified atom stereocenters. The molecule has 1 amide bonds. The maximum Gasteiger partial charge on any atom is 0.261 e. The molecule has 0 aromatic carbocycles. The molecule has 0 aliphatic rings. The van der Waals surface area contributed by atoms with Crippen LogP contribution in [0.15, 0.2) is 0 Å². The summed E-state index contributed by atoms with van der Waals surface area (Å²) in [6.07, 6.45) is -1.48. The van der Waals surface area contributed by atoms with Gasteiger partial charge in [0.05, 0.1) is 6.61 Å². The first-order valence-electron chi connectivity index (χ1n) is 6.09. The van der Waals surface area contributed by atoms with Gasteiger partial charge in [0.25, 0.3) is 6.43 Å². The highest BCUT2D eigenvalue weighted by atomic mass is 19.3. The average molecular weight is 266 g/mol. The van der Waals surface area contributed by atoms with E-state index in [2.05, 4.69) is 30.8 Å². The normalized spacial score (nSPS) is 13.7. The number of hydrogen-bond acceptors (Lipinski definition) is 3. The van der Waals surface area contributed by atoms with E-state index in [9.17, 15) is 13.6 Å². The van der Waals surface area contributed by atoms with E-state index < -0.39 is 13.0 Å². The molecule has 0 heterocycles. The topological polar surface area (TPSA) is 64.4 Å². The lowest BCUT2D eigenvalue weighted by atomic mass is 9.87. The molecule has 0 rings (SSSR count). The molecule has 1 atom stereocenters. The predicted octanol–water partition coefficient (Wildman–Crippen LogP) is 1.54. The van der Waals surface area contributed by atoms with Gasteiger partial charge in [-0.15, -0.1) is 0 Å². The summed E-state index contributed by atoms with van der Waals surface area (Å²) in [5.74, 6) is -0.174. The molecule has 0 aliphatic heterocycles. The van der Waals surface area contributed by atoms with E-state index in [-0.39, 0.29) is 36.9 Å². The highest BCUT2D eigenvalue weighted by Gasteiger charge is 2.17. The van der Waals surface area contributed by atoms with Gasteiger partial charge < -0.3 is 15.8 Å². The van der Waals surface area contributed by atoms with Crippen molar-refractivity contribution >= 4 is 5.91 Å². The maximum absolute atomic E-state index is 11.7. The van der Waals surface area contributed by atoms with Crippen LogP contribution in [0.5, 0.6) is 0 Å². The highest BCUT2D eigenvalue weighted by Crippen LogP contribution is 2.20. The summed E-state index contributed by atoms with van der Waals surface area (Å²) >= 11 is 0. The van der Waals surface area contributed by atoms with Crippen LogP contribution in [-0.2, 0) is 9.53 Å². The number of carbonyl (C=O) groups excluding carboxylic acids is 1. The Balaban J connectivity index is 3.59. The highest BCUT2D eigenvalue weighted by molar-refractivity contribution is 5.76. The number of nitrogens with one attached hydrogen (secondary N) is 1. The van der Waals surface area contributed by atoms with Crippen LogP contribution in [0.25, 0.3) is 0 Å². The molecule has 0 fully saturated rings. The number of carbonyl (C=O) groups is 1. The van der Waals surface area contributed by atoms with Crippen LogP contribution in [0, 0.1) is 5.41 Å². The Bertz CT molecular complexity index is 243. The van der Waals surface area contributed by atoms with E-state index in [1.807, 2.05) is 0 Å². The second-order valence-corrected chi connectivity index (χ2v) is 5.54. The molecule has 0 aromatic rings. The first-order valence-corrected chi connectivity index (χ1v) is 6.09. The number of rotatable bonds is 8. The van der Waals surface area contributed by atoms with Gasteiger partial charge >= 0.3 is 0 Å². The first-order chi connectivity index (χ1) is 8.20. The minimum atomic E-state index is -2.47. The lowest BCUT2D eigenvalue weighted by Crippen LogP contribution is -2.35. The Morgan fingerprint density at radius 1 is 1.39 bits per heavy atom. The minimum Gasteiger partial charge on any atom is -0.374 e. The summed E-state index contributed by atoms with van der Waals surface area (Å²) in [6.45, 7) is 5.90. The summed E-state index contributed by atoms with van der Waals surface area (Å²) in [4.78, 5) is 11.4. The van der Waals surface area contributed by atoms with E-state index in [0.717, 1.165) is 6.42 Å². The monoisotopic (exact) mass is 266 g/mol. The number of hydrogen-bond donors (Lipinski definition) is 2. The number of alkyl halides is 2. The van der Waals surface area contributed by atoms with Gasteiger partial charge in [0.15, 0.2) is 0 Å². The van der Waals surface area contributed by atoms with Gasteiger partial charge in [-0.2, -0.15) is 0 Å². The largest absolute Gasteiger partial charge is 0.374 e. The Morgan fingerprint density at radius 3 is 2.50 bits per heavy atom. The van der Waals surface area contributed by atoms with E-state index >= 15 is 0 Å². The molecule has 3 N–H and O–H groups in total. The third-order valence-corrected chi connectivity index (χ3v) is 2.13. The fraction of sp³-hybridized carbons (Fsp3) is 0.917. The lowest BCUT2D eigenvalue weighted by Gasteiger charge is -2.22. The molecular weight excluding hydrogens is 242 g/mol. The van der Waals surface area contributed by atoms with Gasteiger partial charge in [0.1, 0.15) is 6.61 Å². The zero-order valence-electron chi connectivity index (χ0n) is 11.3. The smallest absolute Gasteiger partial charge is 0.261 e. The summed E-state index contributed by atoms with van der Waals surface area (Å²) in [5.41, 5.74) is 5.92. The third-order valence-electron chi connectivity index (χ3n) is 2.13. The molecule has 0 radical (unpaired) electrons. The summed E-state index contributed by atoms with van der Waals surface area (Å²) in [7, 11) is 0. The van der Waals surface area contributed by atoms with Crippen molar-refractivity contribution in [2.24, 2.45) is 11.1 Å². The molecule has 18 heavy (non-hydrogen) atoms. The Hall–Kier alpha value is -0.750. The van der Waals surface area contributed by atoms with E-state index in [1.54, 1.807) is 0 Å². The van der Waals surface area contributed by atoms with Gasteiger partial charge in [-0.1, -0.05) is 20.8 Å². The van der Waals surface area contributed by atoms with Gasteiger partial charge in [0.2, 0.25) is 5.91 Å². The van der Waals surface area contributed by atoms with Crippen molar-refractivity contribution in [3.8, 4) is 0 Å². The molecule has 0 bridgehead atoms. The van der Waals surface area contributed by atoms with E-state index in [0.29, 0.717) is 0 Å². The molecule has 0 aliphatic carbocycles. The molecule has 0 saturated carbocycles. The van der Waals surface area contributed by atoms with Crippen molar-refractivity contribution in [3.63, 3.8) is 0 Å². The fourth-order valence-electron chi connectivity index (χ4n) is 1.60. The number of ether oxygens (including phenoxy) is 1. The summed E-state index contributed by atoms with van der Waals surface area (Å²) in [6, 6.07) is -0.188. The van der Waals surface area contributed by atoms with Gasteiger partial charge in [-0.3, -0.25) is 4.79 Å². The molecule has 108 valence electrons. The van der Waals surface area contributed by atoms with Crippen molar-refractivity contribution in [2.75, 3.05) is 19.8 Å². The first kappa shape index (κ1) is 17.2. The Morgan fingerprint density at radius 2 is 2.00 bits per heavy atom. The van der Waals surface area contributed by atoms with Gasteiger partial charge in [-0.25, -0.2) is 8.78 Å². The zero-order chi connectivity index (χ0) is 14.2. The van der Waals surface area contributed by atoms with Crippen molar-refractivity contribution in [3.05, 3.63) is 0 Å². The van der Waals surface area contributed by atoms with Crippen LogP contribution in [0.4, 0.5) is 8.78 Å². The molecule has 0 spiro atoms. The number of halogens is 2. The van der Waals surface area contributed by atoms with Gasteiger partial charge in [0, 0.05) is 19.0 Å². The fourth-order valence-corrected chi connectivity index (χ4v) is 1.60. The molecule has 0 saturated heterocycles. The molecule has 6 heteroatoms. The van der Waals surface area contributed by atoms with Gasteiger partial charge in [-0.05, 0) is 11.8 Å². The van der Waals surface area contributed by atoms with Crippen LogP contribution in [0.1, 0.15) is 33.6 Å². The second kappa shape index (κ2) is 8.37. The number of amides is 1. The standard InChI is InChI=1S/C12H24F2N2O2/c1-12(2,3)7-9(15)6-11(17)16-4-5-18-8-10(13)14/h9-10H,4-8,15H2,1-3H3,(H,16,17). The summed E-state index contributed by atoms with van der Waals surface area (Å²) < 4.78 is 28.1. The number of nitrogens with two attached hydrogens (primary N) is 1. The van der Waals surface area contributed by atoms with Crippen LogP contribution >= 0.6 is 0 Å². The third kappa shape index (κ3) is 11.7.